The fourth-order valence-corrected chi connectivity index (χ4v) is 2.79. The van der Waals surface area contributed by atoms with Crippen LogP contribution in [0.15, 0.2) is 0 Å². The number of rotatable bonds is 5. The second kappa shape index (κ2) is 6.25. The molecule has 17 heavy (non-hydrogen) atoms. The molecule has 96 valence electrons. The number of ether oxygens (including phenoxy) is 1. The summed E-state index contributed by atoms with van der Waals surface area (Å²) < 4.78 is 5.48. The smallest absolute Gasteiger partial charge is 0.219 e. The molecule has 3 N–H and O–H groups in total. The average Bonchev–Trinajstić information content (AvgIpc) is 2.78. The van der Waals surface area contributed by atoms with E-state index >= 15 is 0 Å². The monoisotopic (exact) mass is 257 g/mol. The normalized spacial score (nSPS) is 20.8. The Bertz CT molecular complexity index is 339. The number of nitrogens with one attached hydrogen (secondary N) is 1. The average molecular weight is 257 g/mol. The van der Waals surface area contributed by atoms with E-state index < -0.39 is 0 Å². The van der Waals surface area contributed by atoms with Gasteiger partial charge in [0.2, 0.25) is 5.13 Å². The largest absolute Gasteiger partial charge is 0.381 e. The summed E-state index contributed by atoms with van der Waals surface area (Å²) in [5.41, 5.74) is 2.51. The molecule has 1 aliphatic heterocycles. The number of hydrazine groups is 1. The second-order valence-electron chi connectivity index (χ2n) is 4.43. The van der Waals surface area contributed by atoms with Gasteiger partial charge in [-0.1, -0.05) is 11.3 Å². The van der Waals surface area contributed by atoms with Gasteiger partial charge in [0.15, 0.2) is 0 Å². The molecule has 0 saturated carbocycles. The minimum Gasteiger partial charge on any atom is -0.381 e. The molecule has 0 amide bonds. The molecule has 1 aromatic heterocycles. The highest BCUT2D eigenvalue weighted by molar-refractivity contribution is 7.15. The maximum atomic E-state index is 5.48. The van der Waals surface area contributed by atoms with Crippen molar-refractivity contribution in [3.8, 4) is 0 Å². The lowest BCUT2D eigenvalue weighted by atomic mass is 10.0. The number of hydrogen-bond acceptors (Lipinski definition) is 7. The van der Waals surface area contributed by atoms with E-state index in [1.165, 1.54) is 24.2 Å². The van der Waals surface area contributed by atoms with Crippen LogP contribution in [0.1, 0.15) is 17.8 Å². The zero-order valence-electron chi connectivity index (χ0n) is 10.1. The van der Waals surface area contributed by atoms with E-state index in [-0.39, 0.29) is 0 Å². The molecule has 2 heterocycles. The molecule has 1 fully saturated rings. The summed E-state index contributed by atoms with van der Waals surface area (Å²) >= 11 is 1.49. The first-order chi connectivity index (χ1) is 8.28. The topological polar surface area (TPSA) is 76.3 Å². The van der Waals surface area contributed by atoms with Crippen molar-refractivity contribution in [1.29, 1.82) is 0 Å². The Balaban J connectivity index is 1.77. The van der Waals surface area contributed by atoms with Gasteiger partial charge >= 0.3 is 0 Å². The van der Waals surface area contributed by atoms with Crippen LogP contribution in [-0.2, 0) is 11.3 Å². The lowest BCUT2D eigenvalue weighted by molar-refractivity contribution is 0.0411. The van der Waals surface area contributed by atoms with Gasteiger partial charge in [-0.3, -0.25) is 10.3 Å². The van der Waals surface area contributed by atoms with Crippen LogP contribution in [0.5, 0.6) is 0 Å². The first-order valence-corrected chi connectivity index (χ1v) is 6.65. The Morgan fingerprint density at radius 3 is 3.12 bits per heavy atom. The van der Waals surface area contributed by atoms with E-state index in [2.05, 4.69) is 27.6 Å². The zero-order chi connectivity index (χ0) is 12.1. The quantitative estimate of drug-likeness (QED) is 0.597. The van der Waals surface area contributed by atoms with Crippen molar-refractivity contribution in [2.75, 3.05) is 32.2 Å². The van der Waals surface area contributed by atoms with Crippen LogP contribution in [-0.4, -0.2) is 41.9 Å². The summed E-state index contributed by atoms with van der Waals surface area (Å²) in [6.45, 7) is 3.67. The molecule has 6 nitrogen and oxygen atoms in total. The number of anilines is 1. The van der Waals surface area contributed by atoms with Crippen LogP contribution in [0.4, 0.5) is 5.13 Å². The maximum Gasteiger partial charge on any atom is 0.219 e. The van der Waals surface area contributed by atoms with Gasteiger partial charge in [0.25, 0.3) is 0 Å². The number of nitrogens with two attached hydrogens (primary N) is 1. The maximum absolute atomic E-state index is 5.48. The Kier molecular flexibility index (Phi) is 4.66. The van der Waals surface area contributed by atoms with Gasteiger partial charge in [-0.05, 0) is 25.8 Å². The number of aromatic nitrogens is 2. The third-order valence-corrected chi connectivity index (χ3v) is 3.66. The van der Waals surface area contributed by atoms with Crippen molar-refractivity contribution < 1.29 is 4.74 Å². The van der Waals surface area contributed by atoms with Crippen molar-refractivity contribution in [1.82, 2.24) is 15.1 Å². The van der Waals surface area contributed by atoms with E-state index in [1.807, 2.05) is 0 Å². The predicted molar refractivity (Wildman–Crippen MR) is 67.6 cm³/mol. The van der Waals surface area contributed by atoms with Crippen LogP contribution in [0.3, 0.4) is 0 Å². The fourth-order valence-electron chi connectivity index (χ4n) is 2.06. The van der Waals surface area contributed by atoms with Crippen LogP contribution in [0, 0.1) is 5.92 Å². The van der Waals surface area contributed by atoms with Gasteiger partial charge in [-0.15, -0.1) is 10.2 Å². The molecular weight excluding hydrogens is 238 g/mol. The molecule has 1 saturated heterocycles. The van der Waals surface area contributed by atoms with Gasteiger partial charge in [0, 0.05) is 13.2 Å². The third-order valence-electron chi connectivity index (χ3n) is 2.82. The van der Waals surface area contributed by atoms with Gasteiger partial charge in [0.1, 0.15) is 5.01 Å². The highest BCUT2D eigenvalue weighted by Crippen LogP contribution is 2.18. The van der Waals surface area contributed by atoms with Gasteiger partial charge in [-0.25, -0.2) is 5.84 Å². The summed E-state index contributed by atoms with van der Waals surface area (Å²) in [4.78, 5) is 2.26. The SMILES string of the molecule is CN(Cc1nnc(NN)s1)CC1CCCOC1. The Hall–Kier alpha value is -0.760. The molecule has 1 aromatic rings. The summed E-state index contributed by atoms with van der Waals surface area (Å²) in [6, 6.07) is 0. The summed E-state index contributed by atoms with van der Waals surface area (Å²) in [6.07, 6.45) is 2.44. The molecule has 0 aliphatic carbocycles. The lowest BCUT2D eigenvalue weighted by Crippen LogP contribution is -2.30. The minimum atomic E-state index is 0.647. The Morgan fingerprint density at radius 2 is 2.47 bits per heavy atom. The van der Waals surface area contributed by atoms with E-state index in [0.717, 1.165) is 31.3 Å². The van der Waals surface area contributed by atoms with Gasteiger partial charge in [-0.2, -0.15) is 0 Å². The molecule has 7 heteroatoms. The molecule has 0 radical (unpaired) electrons. The first kappa shape index (κ1) is 12.7. The van der Waals surface area contributed by atoms with Crippen LogP contribution >= 0.6 is 11.3 Å². The summed E-state index contributed by atoms with van der Waals surface area (Å²) in [5.74, 6) is 5.92. The summed E-state index contributed by atoms with van der Waals surface area (Å²) in [7, 11) is 2.10. The molecule has 1 atom stereocenters. The number of hydrogen-bond donors (Lipinski definition) is 2. The Morgan fingerprint density at radius 1 is 1.59 bits per heavy atom. The van der Waals surface area contributed by atoms with Crippen molar-refractivity contribution in [2.24, 2.45) is 11.8 Å². The fraction of sp³-hybridized carbons (Fsp3) is 0.800. The molecule has 0 spiro atoms. The van der Waals surface area contributed by atoms with Crippen LogP contribution in [0.2, 0.25) is 0 Å². The van der Waals surface area contributed by atoms with E-state index in [9.17, 15) is 0 Å². The Labute approximate surface area is 105 Å². The highest BCUT2D eigenvalue weighted by Gasteiger charge is 2.16. The second-order valence-corrected chi connectivity index (χ2v) is 5.49. The first-order valence-electron chi connectivity index (χ1n) is 5.83. The van der Waals surface area contributed by atoms with Crippen molar-refractivity contribution in [3.63, 3.8) is 0 Å². The highest BCUT2D eigenvalue weighted by atomic mass is 32.1. The van der Waals surface area contributed by atoms with E-state index in [4.69, 9.17) is 10.6 Å². The van der Waals surface area contributed by atoms with Gasteiger partial charge in [0.05, 0.1) is 13.2 Å². The van der Waals surface area contributed by atoms with E-state index in [1.54, 1.807) is 0 Å². The third kappa shape index (κ3) is 3.88. The van der Waals surface area contributed by atoms with Crippen molar-refractivity contribution in [3.05, 3.63) is 5.01 Å². The van der Waals surface area contributed by atoms with Crippen LogP contribution in [0.25, 0.3) is 0 Å². The summed E-state index contributed by atoms with van der Waals surface area (Å²) in [5, 5.41) is 9.63. The molecule has 1 aliphatic rings. The minimum absolute atomic E-state index is 0.647. The van der Waals surface area contributed by atoms with Crippen LogP contribution < -0.4 is 11.3 Å². The predicted octanol–water partition coefficient (Wildman–Crippen LogP) is 0.682. The molecular formula is C10H19N5OS. The standard InChI is InChI=1S/C10H19N5OS/c1-15(5-8-3-2-4-16-7-8)6-9-13-14-10(12-11)17-9/h8H,2-7,11H2,1H3,(H,12,14). The van der Waals surface area contributed by atoms with E-state index in [0.29, 0.717) is 11.0 Å². The number of nitrogens with zero attached hydrogens (tertiary/aromatic N) is 3. The molecule has 0 aromatic carbocycles. The molecule has 0 bridgehead atoms. The molecule has 1 unspecified atom stereocenters. The number of nitrogen functional groups attached to an aromatic ring is 1. The lowest BCUT2D eigenvalue weighted by Gasteiger charge is -2.26. The van der Waals surface area contributed by atoms with Crippen molar-refractivity contribution >= 4 is 16.5 Å². The molecule has 2 rings (SSSR count). The van der Waals surface area contributed by atoms with Crippen molar-refractivity contribution in [2.45, 2.75) is 19.4 Å². The van der Waals surface area contributed by atoms with Gasteiger partial charge < -0.3 is 4.74 Å². The zero-order valence-corrected chi connectivity index (χ0v) is 10.9.